The first kappa shape index (κ1) is 13.6. The Morgan fingerprint density at radius 2 is 2.10 bits per heavy atom. The summed E-state index contributed by atoms with van der Waals surface area (Å²) in [5.41, 5.74) is 2.79. The lowest BCUT2D eigenvalue weighted by Gasteiger charge is -2.35. The van der Waals surface area contributed by atoms with E-state index < -0.39 is 0 Å². The van der Waals surface area contributed by atoms with Crippen molar-refractivity contribution in [2.75, 3.05) is 37.6 Å². The molecule has 1 aliphatic heterocycles. The number of imidazole rings is 1. The molecule has 2 heterocycles. The Morgan fingerprint density at radius 1 is 1.29 bits per heavy atom. The SMILES string of the molecule is N#CCCN1CCN(c2cccc3c2ncn3C=O)CC1. The average molecular weight is 283 g/mol. The lowest BCUT2D eigenvalue weighted by molar-refractivity contribution is 0.263. The van der Waals surface area contributed by atoms with Crippen molar-refractivity contribution < 1.29 is 4.79 Å². The minimum Gasteiger partial charge on any atom is -0.367 e. The van der Waals surface area contributed by atoms with Crippen LogP contribution in [-0.2, 0) is 4.79 Å². The molecule has 1 aromatic carbocycles. The lowest BCUT2D eigenvalue weighted by atomic mass is 10.2. The Morgan fingerprint density at radius 3 is 2.81 bits per heavy atom. The molecule has 6 heteroatoms. The fraction of sp³-hybridized carbons (Fsp3) is 0.400. The molecule has 0 amide bonds. The summed E-state index contributed by atoms with van der Waals surface area (Å²) in [6.45, 7) is 4.57. The Hall–Kier alpha value is -2.39. The third kappa shape index (κ3) is 2.60. The predicted molar refractivity (Wildman–Crippen MR) is 80.8 cm³/mol. The molecule has 0 atom stereocenters. The molecule has 0 radical (unpaired) electrons. The summed E-state index contributed by atoms with van der Waals surface area (Å²) in [6, 6.07) is 8.11. The zero-order valence-corrected chi connectivity index (χ0v) is 11.8. The molecular formula is C15H17N5O. The number of nitriles is 1. The summed E-state index contributed by atoms with van der Waals surface area (Å²) in [5, 5.41) is 8.64. The highest BCUT2D eigenvalue weighted by atomic mass is 16.1. The normalized spacial score (nSPS) is 16.0. The molecule has 6 nitrogen and oxygen atoms in total. The van der Waals surface area contributed by atoms with Gasteiger partial charge in [0, 0.05) is 39.1 Å². The summed E-state index contributed by atoms with van der Waals surface area (Å²) in [7, 11) is 0. The minimum absolute atomic E-state index is 0.583. The van der Waals surface area contributed by atoms with E-state index in [1.807, 2.05) is 12.1 Å². The van der Waals surface area contributed by atoms with Crippen molar-refractivity contribution in [3.63, 3.8) is 0 Å². The van der Waals surface area contributed by atoms with Crippen LogP contribution in [0.3, 0.4) is 0 Å². The van der Waals surface area contributed by atoms with Crippen LogP contribution in [0, 0.1) is 11.3 Å². The highest BCUT2D eigenvalue weighted by molar-refractivity contribution is 5.91. The summed E-state index contributed by atoms with van der Waals surface area (Å²) < 4.78 is 1.50. The third-order valence-corrected chi connectivity index (χ3v) is 3.95. The summed E-state index contributed by atoms with van der Waals surface area (Å²) >= 11 is 0. The van der Waals surface area contributed by atoms with Gasteiger partial charge in [0.2, 0.25) is 6.41 Å². The van der Waals surface area contributed by atoms with Gasteiger partial charge >= 0.3 is 0 Å². The van der Waals surface area contributed by atoms with Crippen LogP contribution in [0.15, 0.2) is 24.5 Å². The Bertz CT molecular complexity index is 679. The molecule has 0 saturated carbocycles. The van der Waals surface area contributed by atoms with Crippen LogP contribution in [0.2, 0.25) is 0 Å². The first-order chi connectivity index (χ1) is 10.3. The maximum absolute atomic E-state index is 11.0. The van der Waals surface area contributed by atoms with E-state index in [1.165, 1.54) is 4.57 Å². The summed E-state index contributed by atoms with van der Waals surface area (Å²) in [5.74, 6) is 0. The van der Waals surface area contributed by atoms with Gasteiger partial charge in [-0.25, -0.2) is 4.98 Å². The summed E-state index contributed by atoms with van der Waals surface area (Å²) in [6.07, 6.45) is 2.92. The van der Waals surface area contributed by atoms with Crippen molar-refractivity contribution in [3.8, 4) is 6.07 Å². The second-order valence-corrected chi connectivity index (χ2v) is 5.14. The standard InChI is InChI=1S/C15H17N5O/c16-5-2-6-18-7-9-19(10-8-18)13-3-1-4-14-15(13)17-11-20(14)12-21/h1,3-4,11-12H,2,6-10H2. The number of para-hydroxylation sites is 1. The fourth-order valence-electron chi connectivity index (χ4n) is 2.80. The van der Waals surface area contributed by atoms with Gasteiger partial charge in [0.1, 0.15) is 11.8 Å². The number of nitrogens with zero attached hydrogens (tertiary/aromatic N) is 5. The molecule has 0 aliphatic carbocycles. The number of anilines is 1. The molecule has 0 N–H and O–H groups in total. The predicted octanol–water partition coefficient (Wildman–Crippen LogP) is 1.11. The van der Waals surface area contributed by atoms with Crippen molar-refractivity contribution >= 4 is 23.1 Å². The molecule has 1 saturated heterocycles. The number of aromatic nitrogens is 2. The van der Waals surface area contributed by atoms with Gasteiger partial charge in [-0.05, 0) is 12.1 Å². The second kappa shape index (κ2) is 5.94. The minimum atomic E-state index is 0.583. The number of rotatable bonds is 4. The van der Waals surface area contributed by atoms with Gasteiger partial charge in [0.25, 0.3) is 0 Å². The van der Waals surface area contributed by atoms with Crippen LogP contribution in [0.5, 0.6) is 0 Å². The zero-order chi connectivity index (χ0) is 14.7. The van der Waals surface area contributed by atoms with Crippen LogP contribution in [-0.4, -0.2) is 53.6 Å². The fourth-order valence-corrected chi connectivity index (χ4v) is 2.80. The van der Waals surface area contributed by atoms with Crippen molar-refractivity contribution in [1.29, 1.82) is 5.26 Å². The highest BCUT2D eigenvalue weighted by Gasteiger charge is 2.19. The van der Waals surface area contributed by atoms with Crippen LogP contribution in [0.25, 0.3) is 11.0 Å². The molecule has 21 heavy (non-hydrogen) atoms. The smallest absolute Gasteiger partial charge is 0.219 e. The Kier molecular flexibility index (Phi) is 3.84. The molecule has 0 spiro atoms. The first-order valence-electron chi connectivity index (χ1n) is 7.08. The van der Waals surface area contributed by atoms with E-state index >= 15 is 0 Å². The number of benzene rings is 1. The van der Waals surface area contributed by atoms with Gasteiger partial charge < -0.3 is 4.90 Å². The molecule has 108 valence electrons. The number of fused-ring (bicyclic) bond motifs is 1. The molecule has 3 rings (SSSR count). The molecular weight excluding hydrogens is 266 g/mol. The Labute approximate surface area is 123 Å². The van der Waals surface area contributed by atoms with Crippen LogP contribution >= 0.6 is 0 Å². The number of carbonyl (C=O) groups excluding carboxylic acids is 1. The van der Waals surface area contributed by atoms with Crippen molar-refractivity contribution in [1.82, 2.24) is 14.5 Å². The largest absolute Gasteiger partial charge is 0.367 e. The van der Waals surface area contributed by atoms with Crippen LogP contribution < -0.4 is 4.90 Å². The van der Waals surface area contributed by atoms with E-state index in [0.29, 0.717) is 6.42 Å². The number of hydrogen-bond acceptors (Lipinski definition) is 5. The van der Waals surface area contributed by atoms with E-state index in [1.54, 1.807) is 6.33 Å². The van der Waals surface area contributed by atoms with Crippen molar-refractivity contribution in [2.24, 2.45) is 0 Å². The van der Waals surface area contributed by atoms with E-state index in [2.05, 4.69) is 26.9 Å². The van der Waals surface area contributed by atoms with E-state index in [9.17, 15) is 4.79 Å². The molecule has 2 aromatic rings. The van der Waals surface area contributed by atoms with Crippen LogP contribution in [0.1, 0.15) is 6.42 Å². The van der Waals surface area contributed by atoms with Gasteiger partial charge in [0.15, 0.2) is 0 Å². The quantitative estimate of drug-likeness (QED) is 0.786. The molecule has 1 aliphatic rings. The zero-order valence-electron chi connectivity index (χ0n) is 11.8. The molecule has 0 bridgehead atoms. The molecule has 0 unspecified atom stereocenters. The molecule has 1 fully saturated rings. The van der Waals surface area contributed by atoms with Gasteiger partial charge in [0.05, 0.1) is 17.3 Å². The lowest BCUT2D eigenvalue weighted by Crippen LogP contribution is -2.46. The second-order valence-electron chi connectivity index (χ2n) is 5.14. The van der Waals surface area contributed by atoms with E-state index in [0.717, 1.165) is 55.9 Å². The Balaban J connectivity index is 1.78. The van der Waals surface area contributed by atoms with Gasteiger partial charge in [-0.15, -0.1) is 0 Å². The third-order valence-electron chi connectivity index (χ3n) is 3.95. The highest BCUT2D eigenvalue weighted by Crippen LogP contribution is 2.26. The van der Waals surface area contributed by atoms with Crippen LogP contribution in [0.4, 0.5) is 5.69 Å². The topological polar surface area (TPSA) is 65.2 Å². The van der Waals surface area contributed by atoms with E-state index in [4.69, 9.17) is 5.26 Å². The average Bonchev–Trinajstić information content (AvgIpc) is 2.96. The van der Waals surface area contributed by atoms with Crippen molar-refractivity contribution in [3.05, 3.63) is 24.5 Å². The number of piperazine rings is 1. The summed E-state index contributed by atoms with van der Waals surface area (Å²) in [4.78, 5) is 20.0. The van der Waals surface area contributed by atoms with Gasteiger partial charge in [-0.3, -0.25) is 14.3 Å². The number of carbonyl (C=O) groups is 1. The van der Waals surface area contributed by atoms with Gasteiger partial charge in [-0.2, -0.15) is 5.26 Å². The maximum Gasteiger partial charge on any atom is 0.219 e. The first-order valence-corrected chi connectivity index (χ1v) is 7.08. The molecule has 1 aromatic heterocycles. The van der Waals surface area contributed by atoms with Gasteiger partial charge in [-0.1, -0.05) is 6.07 Å². The number of hydrogen-bond donors (Lipinski definition) is 0. The van der Waals surface area contributed by atoms with E-state index in [-0.39, 0.29) is 0 Å². The maximum atomic E-state index is 11.0. The van der Waals surface area contributed by atoms with Crippen molar-refractivity contribution in [2.45, 2.75) is 6.42 Å². The monoisotopic (exact) mass is 283 g/mol.